The fraction of sp³-hybridized carbons (Fsp3) is 0.889. The normalized spacial score (nSPS) is 12.2. The molecule has 84 valence electrons. The van der Waals surface area contributed by atoms with Gasteiger partial charge in [-0.2, -0.15) is 0 Å². The third kappa shape index (κ3) is 6.68. The number of ether oxygens (including phenoxy) is 2. The molecule has 5 heteroatoms. The van der Waals surface area contributed by atoms with E-state index in [0.717, 1.165) is 12.8 Å². The van der Waals surface area contributed by atoms with Crippen LogP contribution in [-0.4, -0.2) is 37.8 Å². The van der Waals surface area contributed by atoms with Gasteiger partial charge in [-0.05, 0) is 6.42 Å². The van der Waals surface area contributed by atoms with E-state index < -0.39 is 12.3 Å². The highest BCUT2D eigenvalue weighted by atomic mass is 16.6. The molecule has 1 atom stereocenters. The molecule has 1 amide bonds. The maximum absolute atomic E-state index is 11.1. The van der Waals surface area contributed by atoms with Crippen LogP contribution in [0, 0.1) is 0 Å². The summed E-state index contributed by atoms with van der Waals surface area (Å²) in [5, 5.41) is 11.1. The zero-order valence-corrected chi connectivity index (χ0v) is 8.78. The summed E-state index contributed by atoms with van der Waals surface area (Å²) in [6.45, 7) is 2.40. The topological polar surface area (TPSA) is 67.8 Å². The van der Waals surface area contributed by atoms with Crippen LogP contribution < -0.4 is 5.32 Å². The summed E-state index contributed by atoms with van der Waals surface area (Å²) in [5.74, 6) is 0. The van der Waals surface area contributed by atoms with Crippen molar-refractivity contribution >= 4 is 6.09 Å². The van der Waals surface area contributed by atoms with Gasteiger partial charge in [-0.1, -0.05) is 13.3 Å². The average molecular weight is 205 g/mol. The molecule has 5 nitrogen and oxygen atoms in total. The van der Waals surface area contributed by atoms with Crippen LogP contribution in [0.3, 0.4) is 0 Å². The molecule has 0 aliphatic rings. The SMILES string of the molecule is CCCCOC(=O)NC(CCO)OC. The van der Waals surface area contributed by atoms with E-state index in [1.165, 1.54) is 7.11 Å². The summed E-state index contributed by atoms with van der Waals surface area (Å²) in [5.41, 5.74) is 0. The number of rotatable bonds is 7. The van der Waals surface area contributed by atoms with Gasteiger partial charge in [0.25, 0.3) is 0 Å². The molecule has 0 aliphatic carbocycles. The zero-order valence-electron chi connectivity index (χ0n) is 8.78. The van der Waals surface area contributed by atoms with Crippen molar-refractivity contribution in [2.75, 3.05) is 20.3 Å². The summed E-state index contributed by atoms with van der Waals surface area (Å²) in [7, 11) is 1.46. The monoisotopic (exact) mass is 205 g/mol. The van der Waals surface area contributed by atoms with Crippen LogP contribution in [0.5, 0.6) is 0 Å². The first-order chi connectivity index (χ1) is 6.74. The van der Waals surface area contributed by atoms with Crippen molar-refractivity contribution in [3.8, 4) is 0 Å². The molecular weight excluding hydrogens is 186 g/mol. The van der Waals surface area contributed by atoms with Gasteiger partial charge in [-0.3, -0.25) is 5.32 Å². The Morgan fingerprint density at radius 2 is 2.29 bits per heavy atom. The number of unbranched alkanes of at least 4 members (excludes halogenated alkanes) is 1. The van der Waals surface area contributed by atoms with Crippen LogP contribution in [0.1, 0.15) is 26.2 Å². The largest absolute Gasteiger partial charge is 0.450 e. The van der Waals surface area contributed by atoms with Gasteiger partial charge in [0.05, 0.1) is 6.61 Å². The number of hydrogen-bond acceptors (Lipinski definition) is 4. The molecule has 1 unspecified atom stereocenters. The minimum absolute atomic E-state index is 0.0340. The molecule has 2 N–H and O–H groups in total. The third-order valence-electron chi connectivity index (χ3n) is 1.69. The maximum Gasteiger partial charge on any atom is 0.409 e. The second-order valence-electron chi connectivity index (χ2n) is 2.87. The molecule has 0 saturated heterocycles. The fourth-order valence-corrected chi connectivity index (χ4v) is 0.849. The van der Waals surface area contributed by atoms with Crippen LogP contribution >= 0.6 is 0 Å². The highest BCUT2D eigenvalue weighted by Crippen LogP contribution is 1.94. The Morgan fingerprint density at radius 1 is 1.57 bits per heavy atom. The second-order valence-corrected chi connectivity index (χ2v) is 2.87. The van der Waals surface area contributed by atoms with Crippen molar-refractivity contribution in [2.45, 2.75) is 32.4 Å². The molecule has 0 fully saturated rings. The van der Waals surface area contributed by atoms with E-state index in [0.29, 0.717) is 13.0 Å². The Kier molecular flexibility index (Phi) is 8.27. The van der Waals surface area contributed by atoms with Gasteiger partial charge >= 0.3 is 6.09 Å². The van der Waals surface area contributed by atoms with E-state index in [1.807, 2.05) is 6.92 Å². The second kappa shape index (κ2) is 8.77. The lowest BCUT2D eigenvalue weighted by molar-refractivity contribution is 0.0446. The predicted molar refractivity (Wildman–Crippen MR) is 51.9 cm³/mol. The number of aliphatic hydroxyl groups excluding tert-OH is 1. The van der Waals surface area contributed by atoms with Crippen LogP contribution in [0.25, 0.3) is 0 Å². The summed E-state index contributed by atoms with van der Waals surface area (Å²) < 4.78 is 9.75. The first-order valence-electron chi connectivity index (χ1n) is 4.81. The molecular formula is C9H19NO4. The average Bonchev–Trinajstić information content (AvgIpc) is 2.17. The molecule has 0 aromatic rings. The van der Waals surface area contributed by atoms with Crippen molar-refractivity contribution in [2.24, 2.45) is 0 Å². The number of amides is 1. The number of methoxy groups -OCH3 is 1. The number of carbonyl (C=O) groups excluding carboxylic acids is 1. The number of alkyl carbamates (subject to hydrolysis) is 1. The summed E-state index contributed by atoms with van der Waals surface area (Å²) in [6, 6.07) is 0. The predicted octanol–water partition coefficient (Wildman–Crippen LogP) is 0.868. The first-order valence-corrected chi connectivity index (χ1v) is 4.81. The Morgan fingerprint density at radius 3 is 2.79 bits per heavy atom. The van der Waals surface area contributed by atoms with Crippen molar-refractivity contribution in [3.05, 3.63) is 0 Å². The van der Waals surface area contributed by atoms with E-state index >= 15 is 0 Å². The molecule has 0 aromatic heterocycles. The molecule has 0 saturated carbocycles. The Hall–Kier alpha value is -0.810. The van der Waals surface area contributed by atoms with Crippen LogP contribution in [-0.2, 0) is 9.47 Å². The van der Waals surface area contributed by atoms with Gasteiger partial charge in [0, 0.05) is 20.1 Å². The summed E-state index contributed by atoms with van der Waals surface area (Å²) in [6.07, 6.45) is 1.22. The molecule has 0 radical (unpaired) electrons. The molecule has 0 spiro atoms. The van der Waals surface area contributed by atoms with Gasteiger partial charge in [-0.25, -0.2) is 4.79 Å². The highest BCUT2D eigenvalue weighted by molar-refractivity contribution is 5.67. The highest BCUT2D eigenvalue weighted by Gasteiger charge is 2.10. The van der Waals surface area contributed by atoms with Crippen LogP contribution in [0.4, 0.5) is 4.79 Å². The number of nitrogens with one attached hydrogen (secondary N) is 1. The van der Waals surface area contributed by atoms with Gasteiger partial charge in [-0.15, -0.1) is 0 Å². The molecule has 0 aromatic carbocycles. The Balaban J connectivity index is 3.56. The number of hydrogen-bond donors (Lipinski definition) is 2. The van der Waals surface area contributed by atoms with E-state index in [4.69, 9.17) is 14.6 Å². The van der Waals surface area contributed by atoms with E-state index in [2.05, 4.69) is 5.32 Å². The molecule has 14 heavy (non-hydrogen) atoms. The first kappa shape index (κ1) is 13.2. The van der Waals surface area contributed by atoms with Crippen LogP contribution in [0.15, 0.2) is 0 Å². The molecule has 0 heterocycles. The van der Waals surface area contributed by atoms with Crippen molar-refractivity contribution < 1.29 is 19.4 Å². The van der Waals surface area contributed by atoms with Crippen molar-refractivity contribution in [1.82, 2.24) is 5.32 Å². The quantitative estimate of drug-likeness (QED) is 0.478. The van der Waals surface area contributed by atoms with Gasteiger partial charge in [0.1, 0.15) is 6.23 Å². The van der Waals surface area contributed by atoms with Crippen molar-refractivity contribution in [1.29, 1.82) is 0 Å². The van der Waals surface area contributed by atoms with Crippen LogP contribution in [0.2, 0.25) is 0 Å². The summed E-state index contributed by atoms with van der Waals surface area (Å²) >= 11 is 0. The maximum atomic E-state index is 11.1. The smallest absolute Gasteiger partial charge is 0.409 e. The van der Waals surface area contributed by atoms with Gasteiger partial charge in [0.15, 0.2) is 0 Å². The standard InChI is InChI=1S/C9H19NO4/c1-3-4-7-14-9(12)10-8(13-2)5-6-11/h8,11H,3-7H2,1-2H3,(H,10,12). The molecule has 0 bridgehead atoms. The Labute approximate surface area is 84.4 Å². The van der Waals surface area contributed by atoms with E-state index in [1.54, 1.807) is 0 Å². The zero-order chi connectivity index (χ0) is 10.8. The lowest BCUT2D eigenvalue weighted by Gasteiger charge is -2.15. The Bertz CT molecular complexity index is 152. The number of carbonyl (C=O) groups is 1. The summed E-state index contributed by atoms with van der Waals surface area (Å²) in [4.78, 5) is 11.1. The number of aliphatic hydroxyl groups is 1. The lowest BCUT2D eigenvalue weighted by atomic mass is 10.4. The van der Waals surface area contributed by atoms with Gasteiger partial charge in [0.2, 0.25) is 0 Å². The van der Waals surface area contributed by atoms with Gasteiger partial charge < -0.3 is 14.6 Å². The minimum Gasteiger partial charge on any atom is -0.450 e. The molecule has 0 aliphatic heterocycles. The fourth-order valence-electron chi connectivity index (χ4n) is 0.849. The van der Waals surface area contributed by atoms with E-state index in [-0.39, 0.29) is 6.61 Å². The molecule has 0 rings (SSSR count). The minimum atomic E-state index is -0.501. The third-order valence-corrected chi connectivity index (χ3v) is 1.69. The lowest BCUT2D eigenvalue weighted by Crippen LogP contribution is -2.37. The van der Waals surface area contributed by atoms with E-state index in [9.17, 15) is 4.79 Å². The van der Waals surface area contributed by atoms with Crippen molar-refractivity contribution in [3.63, 3.8) is 0 Å².